The van der Waals surface area contributed by atoms with E-state index in [1.165, 1.54) is 0 Å². The summed E-state index contributed by atoms with van der Waals surface area (Å²) in [6, 6.07) is 4.74. The monoisotopic (exact) mass is 299 g/mol. The molecule has 0 fully saturated rings. The number of benzene rings is 1. The van der Waals surface area contributed by atoms with Gasteiger partial charge in [-0.25, -0.2) is 0 Å². The summed E-state index contributed by atoms with van der Waals surface area (Å²) in [5.74, 6) is -0.457. The van der Waals surface area contributed by atoms with Crippen LogP contribution in [0.15, 0.2) is 18.2 Å². The van der Waals surface area contributed by atoms with E-state index >= 15 is 0 Å². The zero-order valence-corrected chi connectivity index (χ0v) is 12.2. The molecule has 0 radical (unpaired) electrons. The van der Waals surface area contributed by atoms with E-state index in [0.717, 1.165) is 0 Å². The highest BCUT2D eigenvalue weighted by Gasteiger charge is 2.11. The molecule has 0 saturated carbocycles. The lowest BCUT2D eigenvalue weighted by Crippen LogP contribution is -2.27. The van der Waals surface area contributed by atoms with E-state index in [0.29, 0.717) is 24.4 Å². The zero-order valence-electron chi connectivity index (χ0n) is 11.5. The summed E-state index contributed by atoms with van der Waals surface area (Å²) in [7, 11) is 3.24. The number of methoxy groups -OCH3 is 1. The number of amides is 2. The van der Waals surface area contributed by atoms with Gasteiger partial charge in [-0.3, -0.25) is 9.59 Å². The molecule has 20 heavy (non-hydrogen) atoms. The van der Waals surface area contributed by atoms with Gasteiger partial charge in [-0.2, -0.15) is 0 Å². The summed E-state index contributed by atoms with van der Waals surface area (Å²) in [5, 5.41) is 8.36. The van der Waals surface area contributed by atoms with Gasteiger partial charge in [0.15, 0.2) is 0 Å². The van der Waals surface area contributed by atoms with Crippen LogP contribution < -0.4 is 16.0 Å². The van der Waals surface area contributed by atoms with Gasteiger partial charge in [-0.15, -0.1) is 0 Å². The van der Waals surface area contributed by atoms with E-state index < -0.39 is 0 Å². The van der Waals surface area contributed by atoms with E-state index in [1.54, 1.807) is 32.4 Å². The molecule has 0 aliphatic carbocycles. The van der Waals surface area contributed by atoms with Crippen molar-refractivity contribution in [2.24, 2.45) is 0 Å². The van der Waals surface area contributed by atoms with Crippen molar-refractivity contribution >= 4 is 29.1 Å². The molecular weight excluding hydrogens is 282 g/mol. The summed E-state index contributed by atoms with van der Waals surface area (Å²) < 4.78 is 4.84. The lowest BCUT2D eigenvalue weighted by atomic mass is 10.2. The van der Waals surface area contributed by atoms with Gasteiger partial charge in [-0.05, 0) is 25.2 Å². The van der Waals surface area contributed by atoms with Gasteiger partial charge in [0.05, 0.1) is 23.7 Å². The second-order valence-corrected chi connectivity index (χ2v) is 4.43. The summed E-state index contributed by atoms with van der Waals surface area (Å²) in [6.45, 7) is 1.05. The van der Waals surface area contributed by atoms with Crippen LogP contribution in [0.3, 0.4) is 0 Å². The number of hydrogen-bond acceptors (Lipinski definition) is 4. The quantitative estimate of drug-likeness (QED) is 0.653. The minimum Gasteiger partial charge on any atom is -0.383 e. The Hall–Kier alpha value is -1.63. The summed E-state index contributed by atoms with van der Waals surface area (Å²) in [5.41, 5.74) is 0.901. The van der Waals surface area contributed by atoms with E-state index in [2.05, 4.69) is 16.0 Å². The van der Waals surface area contributed by atoms with Crippen LogP contribution in [0, 0.1) is 0 Å². The molecular formula is C13H18ClN3O3. The van der Waals surface area contributed by atoms with Crippen LogP contribution in [0.5, 0.6) is 0 Å². The number of carbonyl (C=O) groups excluding carboxylic acids is 2. The van der Waals surface area contributed by atoms with Crippen molar-refractivity contribution in [1.82, 2.24) is 10.6 Å². The van der Waals surface area contributed by atoms with Crippen LogP contribution in [-0.2, 0) is 9.53 Å². The van der Waals surface area contributed by atoms with Crippen molar-refractivity contribution in [1.29, 1.82) is 0 Å². The highest BCUT2D eigenvalue weighted by molar-refractivity contribution is 6.34. The maximum absolute atomic E-state index is 11.8. The molecule has 110 valence electrons. The molecule has 0 saturated heterocycles. The Balaban J connectivity index is 2.67. The normalized spacial score (nSPS) is 10.2. The number of nitrogens with one attached hydrogen (secondary N) is 3. The molecule has 1 aromatic carbocycles. The van der Waals surface area contributed by atoms with Crippen LogP contribution in [0.2, 0.25) is 5.02 Å². The molecule has 1 rings (SSSR count). The molecule has 1 aromatic rings. The van der Waals surface area contributed by atoms with E-state index in [4.69, 9.17) is 16.3 Å². The SMILES string of the molecule is CNCC(=O)Nc1ccc(C(=O)NCCOC)c(Cl)c1. The third-order valence-corrected chi connectivity index (χ3v) is 2.74. The first-order valence-electron chi connectivity index (χ1n) is 6.09. The summed E-state index contributed by atoms with van der Waals surface area (Å²) >= 11 is 6.04. The van der Waals surface area contributed by atoms with Crippen molar-refractivity contribution in [3.8, 4) is 0 Å². The lowest BCUT2D eigenvalue weighted by Gasteiger charge is -2.09. The largest absolute Gasteiger partial charge is 0.383 e. The third kappa shape index (κ3) is 5.16. The number of halogens is 1. The van der Waals surface area contributed by atoms with E-state index in [1.807, 2.05) is 0 Å². The molecule has 0 bridgehead atoms. The van der Waals surface area contributed by atoms with Gasteiger partial charge in [0.2, 0.25) is 5.91 Å². The van der Waals surface area contributed by atoms with Crippen LogP contribution in [0.1, 0.15) is 10.4 Å². The highest BCUT2D eigenvalue weighted by Crippen LogP contribution is 2.20. The average Bonchev–Trinajstić information content (AvgIpc) is 2.39. The molecule has 2 amide bonds. The fourth-order valence-corrected chi connectivity index (χ4v) is 1.77. The Morgan fingerprint density at radius 2 is 2.10 bits per heavy atom. The maximum Gasteiger partial charge on any atom is 0.252 e. The summed E-state index contributed by atoms with van der Waals surface area (Å²) in [6.07, 6.45) is 0. The topological polar surface area (TPSA) is 79.5 Å². The Bertz CT molecular complexity index is 480. The standard InChI is InChI=1S/C13H18ClN3O3/c1-15-8-12(18)17-9-3-4-10(11(14)7-9)13(19)16-5-6-20-2/h3-4,7,15H,5-6,8H2,1-2H3,(H,16,19)(H,17,18). The fourth-order valence-electron chi connectivity index (χ4n) is 1.50. The van der Waals surface area contributed by atoms with Crippen molar-refractivity contribution in [3.05, 3.63) is 28.8 Å². The predicted octanol–water partition coefficient (Wildman–Crippen LogP) is 0.874. The molecule has 0 unspecified atom stereocenters. The van der Waals surface area contributed by atoms with Crippen molar-refractivity contribution in [2.45, 2.75) is 0 Å². The molecule has 0 spiro atoms. The van der Waals surface area contributed by atoms with Crippen LogP contribution in [0.25, 0.3) is 0 Å². The molecule has 0 aliphatic rings. The number of carbonyl (C=O) groups is 2. The Morgan fingerprint density at radius 1 is 1.35 bits per heavy atom. The second kappa shape index (κ2) is 8.52. The van der Waals surface area contributed by atoms with Gasteiger partial charge in [0.25, 0.3) is 5.91 Å². The molecule has 0 heterocycles. The van der Waals surface area contributed by atoms with Crippen molar-refractivity contribution in [3.63, 3.8) is 0 Å². The third-order valence-electron chi connectivity index (χ3n) is 2.43. The molecule has 0 aromatic heterocycles. The van der Waals surface area contributed by atoms with Gasteiger partial charge in [0.1, 0.15) is 0 Å². The zero-order chi connectivity index (χ0) is 15.0. The van der Waals surface area contributed by atoms with Gasteiger partial charge < -0.3 is 20.7 Å². The van der Waals surface area contributed by atoms with Gasteiger partial charge >= 0.3 is 0 Å². The maximum atomic E-state index is 11.8. The summed E-state index contributed by atoms with van der Waals surface area (Å²) in [4.78, 5) is 23.2. The average molecular weight is 300 g/mol. The number of hydrogen-bond donors (Lipinski definition) is 3. The van der Waals surface area contributed by atoms with Gasteiger partial charge in [0, 0.05) is 19.3 Å². The fraction of sp³-hybridized carbons (Fsp3) is 0.385. The Labute approximate surface area is 122 Å². The predicted molar refractivity (Wildman–Crippen MR) is 78.2 cm³/mol. The Morgan fingerprint density at radius 3 is 2.70 bits per heavy atom. The smallest absolute Gasteiger partial charge is 0.252 e. The van der Waals surface area contributed by atoms with E-state index in [-0.39, 0.29) is 23.4 Å². The first-order valence-corrected chi connectivity index (χ1v) is 6.47. The number of likely N-dealkylation sites (N-methyl/N-ethyl adjacent to an activating group) is 1. The highest BCUT2D eigenvalue weighted by atomic mass is 35.5. The molecule has 0 atom stereocenters. The number of ether oxygens (including phenoxy) is 1. The van der Waals surface area contributed by atoms with Crippen LogP contribution in [-0.4, -0.2) is 45.7 Å². The first-order chi connectivity index (χ1) is 9.58. The minimum atomic E-state index is -0.278. The Kier molecular flexibility index (Phi) is 7.00. The molecule has 6 nitrogen and oxygen atoms in total. The van der Waals surface area contributed by atoms with E-state index in [9.17, 15) is 9.59 Å². The first kappa shape index (κ1) is 16.4. The lowest BCUT2D eigenvalue weighted by molar-refractivity contribution is -0.115. The molecule has 0 aliphatic heterocycles. The van der Waals surface area contributed by atoms with Crippen molar-refractivity contribution in [2.75, 3.05) is 39.2 Å². The van der Waals surface area contributed by atoms with Crippen LogP contribution >= 0.6 is 11.6 Å². The molecule has 3 N–H and O–H groups in total. The number of rotatable bonds is 7. The molecule has 7 heteroatoms. The number of anilines is 1. The second-order valence-electron chi connectivity index (χ2n) is 4.02. The van der Waals surface area contributed by atoms with Gasteiger partial charge in [-0.1, -0.05) is 11.6 Å². The van der Waals surface area contributed by atoms with Crippen LogP contribution in [0.4, 0.5) is 5.69 Å². The van der Waals surface area contributed by atoms with Crippen molar-refractivity contribution < 1.29 is 14.3 Å². The minimum absolute atomic E-state index is 0.180.